The summed E-state index contributed by atoms with van der Waals surface area (Å²) in [5.41, 5.74) is -1.79. The van der Waals surface area contributed by atoms with E-state index in [-0.39, 0.29) is 22.5 Å². The Balaban J connectivity index is 2.02. The van der Waals surface area contributed by atoms with Crippen molar-refractivity contribution in [3.8, 4) is 0 Å². The minimum absolute atomic E-state index is 0.0511. The molecule has 1 aromatic carbocycles. The first kappa shape index (κ1) is 17.8. The van der Waals surface area contributed by atoms with Crippen LogP contribution in [0.1, 0.15) is 23.4 Å². The summed E-state index contributed by atoms with van der Waals surface area (Å²) in [6.07, 6.45) is -7.33. The number of hydrogen-bond donors (Lipinski definition) is 1. The van der Waals surface area contributed by atoms with Gasteiger partial charge >= 0.3 is 12.4 Å². The van der Waals surface area contributed by atoms with Crippen LogP contribution in [-0.2, 0) is 17.1 Å². The molecule has 0 radical (unpaired) electrons. The van der Waals surface area contributed by atoms with E-state index >= 15 is 0 Å². The molecule has 0 spiro atoms. The molecule has 9 heteroatoms. The summed E-state index contributed by atoms with van der Waals surface area (Å²) in [5.74, 6) is 0. The van der Waals surface area contributed by atoms with E-state index in [9.17, 15) is 26.3 Å². The van der Waals surface area contributed by atoms with Crippen LogP contribution in [0.3, 0.4) is 0 Å². The number of benzene rings is 1. The lowest BCUT2D eigenvalue weighted by Crippen LogP contribution is -2.13. The lowest BCUT2D eigenvalue weighted by atomic mass is 10.0. The first-order valence-corrected chi connectivity index (χ1v) is 8.02. The van der Waals surface area contributed by atoms with E-state index in [1.165, 1.54) is 6.07 Å². The third-order valence-electron chi connectivity index (χ3n) is 4.43. The first-order chi connectivity index (χ1) is 12.6. The summed E-state index contributed by atoms with van der Waals surface area (Å²) in [7, 11) is 0. The molecule has 4 rings (SSSR count). The molecule has 3 heterocycles. The molecule has 3 aromatic rings. The SMILES string of the molecule is FC(F)(F)c1cc(C(F)(F)F)c2ccc3cc(C4=CCCOC4)[nH]c3c2n1. The van der Waals surface area contributed by atoms with Gasteiger partial charge in [-0.05, 0) is 24.1 Å². The van der Waals surface area contributed by atoms with Crippen molar-refractivity contribution >= 4 is 27.4 Å². The summed E-state index contributed by atoms with van der Waals surface area (Å²) >= 11 is 0. The Morgan fingerprint density at radius 1 is 1.00 bits per heavy atom. The number of fused-ring (bicyclic) bond motifs is 3. The van der Waals surface area contributed by atoms with Gasteiger partial charge in [0.2, 0.25) is 0 Å². The topological polar surface area (TPSA) is 37.9 Å². The van der Waals surface area contributed by atoms with Gasteiger partial charge < -0.3 is 9.72 Å². The summed E-state index contributed by atoms with van der Waals surface area (Å²) in [6.45, 7) is 0.887. The third kappa shape index (κ3) is 3.16. The Labute approximate surface area is 148 Å². The molecule has 0 amide bonds. The normalized spacial score (nSPS) is 16.1. The highest BCUT2D eigenvalue weighted by atomic mass is 19.4. The number of nitrogens with one attached hydrogen (secondary N) is 1. The molecule has 0 saturated heterocycles. The zero-order valence-electron chi connectivity index (χ0n) is 13.6. The highest BCUT2D eigenvalue weighted by Crippen LogP contribution is 2.40. The number of alkyl halides is 6. The minimum atomic E-state index is -4.99. The van der Waals surface area contributed by atoms with E-state index in [1.54, 1.807) is 6.07 Å². The van der Waals surface area contributed by atoms with Crippen molar-refractivity contribution in [2.75, 3.05) is 13.2 Å². The van der Waals surface area contributed by atoms with Crippen molar-refractivity contribution in [2.24, 2.45) is 0 Å². The summed E-state index contributed by atoms with van der Waals surface area (Å²) in [5, 5.41) is 0.0918. The van der Waals surface area contributed by atoms with Crippen molar-refractivity contribution in [3.05, 3.63) is 47.3 Å². The molecule has 0 saturated carbocycles. The van der Waals surface area contributed by atoms with Gasteiger partial charge in [-0.3, -0.25) is 0 Å². The molecule has 2 aromatic heterocycles. The molecule has 1 N–H and O–H groups in total. The Hall–Kier alpha value is -2.55. The average molecular weight is 386 g/mol. The van der Waals surface area contributed by atoms with Gasteiger partial charge in [0.25, 0.3) is 0 Å². The average Bonchev–Trinajstić information content (AvgIpc) is 3.04. The van der Waals surface area contributed by atoms with Crippen LogP contribution < -0.4 is 0 Å². The molecule has 0 fully saturated rings. The van der Waals surface area contributed by atoms with E-state index in [0.29, 0.717) is 30.7 Å². The molecular weight excluding hydrogens is 374 g/mol. The van der Waals surface area contributed by atoms with E-state index < -0.39 is 23.6 Å². The molecule has 1 aliphatic rings. The summed E-state index contributed by atoms with van der Waals surface area (Å²) in [6, 6.07) is 4.31. The van der Waals surface area contributed by atoms with Gasteiger partial charge in [-0.2, -0.15) is 26.3 Å². The van der Waals surface area contributed by atoms with Crippen molar-refractivity contribution < 1.29 is 31.1 Å². The second-order valence-corrected chi connectivity index (χ2v) is 6.23. The van der Waals surface area contributed by atoms with Crippen LogP contribution in [0.15, 0.2) is 30.3 Å². The monoisotopic (exact) mass is 386 g/mol. The molecule has 3 nitrogen and oxygen atoms in total. The van der Waals surface area contributed by atoms with Crippen LogP contribution >= 0.6 is 0 Å². The van der Waals surface area contributed by atoms with Crippen LogP contribution in [-0.4, -0.2) is 23.2 Å². The van der Waals surface area contributed by atoms with Crippen LogP contribution in [0.25, 0.3) is 27.4 Å². The fourth-order valence-electron chi connectivity index (χ4n) is 3.18. The van der Waals surface area contributed by atoms with E-state index in [0.717, 1.165) is 11.6 Å². The lowest BCUT2D eigenvalue weighted by molar-refractivity contribution is -0.144. The highest BCUT2D eigenvalue weighted by molar-refractivity contribution is 6.05. The number of H-pyrrole nitrogens is 1. The number of ether oxygens (including phenoxy) is 1. The largest absolute Gasteiger partial charge is 0.433 e. The second-order valence-electron chi connectivity index (χ2n) is 6.23. The van der Waals surface area contributed by atoms with Crippen LogP contribution in [0, 0.1) is 0 Å². The molecule has 0 unspecified atom stereocenters. The Morgan fingerprint density at radius 3 is 2.41 bits per heavy atom. The van der Waals surface area contributed by atoms with Crippen LogP contribution in [0.4, 0.5) is 26.3 Å². The number of hydrogen-bond acceptors (Lipinski definition) is 2. The molecule has 142 valence electrons. The van der Waals surface area contributed by atoms with Crippen LogP contribution in [0.2, 0.25) is 0 Å². The maximum absolute atomic E-state index is 13.4. The predicted octanol–water partition coefficient (Wildman–Crippen LogP) is 5.56. The maximum Gasteiger partial charge on any atom is 0.433 e. The van der Waals surface area contributed by atoms with Gasteiger partial charge in [-0.1, -0.05) is 18.2 Å². The van der Waals surface area contributed by atoms with Crippen LogP contribution in [0.5, 0.6) is 0 Å². The zero-order valence-corrected chi connectivity index (χ0v) is 13.6. The van der Waals surface area contributed by atoms with Crippen molar-refractivity contribution in [1.29, 1.82) is 0 Å². The van der Waals surface area contributed by atoms with Gasteiger partial charge in [-0.25, -0.2) is 4.98 Å². The quantitative estimate of drug-likeness (QED) is 0.557. The van der Waals surface area contributed by atoms with Crippen molar-refractivity contribution in [1.82, 2.24) is 9.97 Å². The number of halogens is 6. The van der Waals surface area contributed by atoms with E-state index in [4.69, 9.17) is 4.74 Å². The second kappa shape index (κ2) is 5.98. The maximum atomic E-state index is 13.4. The molecule has 0 bridgehead atoms. The van der Waals surface area contributed by atoms with Gasteiger partial charge in [0.05, 0.1) is 29.8 Å². The van der Waals surface area contributed by atoms with Gasteiger partial charge in [-0.15, -0.1) is 0 Å². The van der Waals surface area contributed by atoms with Gasteiger partial charge in [0.15, 0.2) is 0 Å². The first-order valence-electron chi connectivity index (χ1n) is 8.02. The fraction of sp³-hybridized carbons (Fsp3) is 0.278. The number of pyridine rings is 1. The Morgan fingerprint density at radius 2 is 1.78 bits per heavy atom. The van der Waals surface area contributed by atoms with Crippen molar-refractivity contribution in [2.45, 2.75) is 18.8 Å². The lowest BCUT2D eigenvalue weighted by Gasteiger charge is -2.14. The Kier molecular flexibility index (Phi) is 3.95. The molecule has 1 aliphatic heterocycles. The summed E-state index contributed by atoms with van der Waals surface area (Å²) < 4.78 is 84.7. The van der Waals surface area contributed by atoms with E-state index in [1.807, 2.05) is 6.08 Å². The number of aromatic nitrogens is 2. The molecular formula is C18H12F6N2O. The standard InChI is InChI=1S/C18H12F6N2O/c19-17(20,21)12-7-14(18(22,23)24)26-16-11(12)4-3-9-6-13(25-15(9)16)10-2-1-5-27-8-10/h2-4,6-7,25H,1,5,8H2. The molecule has 0 aliphatic carbocycles. The van der Waals surface area contributed by atoms with Gasteiger partial charge in [0.1, 0.15) is 5.69 Å². The highest BCUT2D eigenvalue weighted by Gasteiger charge is 2.39. The number of aromatic amines is 1. The summed E-state index contributed by atoms with van der Waals surface area (Å²) in [4.78, 5) is 6.42. The molecule has 0 atom stereocenters. The van der Waals surface area contributed by atoms with Gasteiger partial charge in [0, 0.05) is 16.5 Å². The molecule has 27 heavy (non-hydrogen) atoms. The number of rotatable bonds is 1. The van der Waals surface area contributed by atoms with Crippen molar-refractivity contribution in [3.63, 3.8) is 0 Å². The smallest absolute Gasteiger partial charge is 0.376 e. The predicted molar refractivity (Wildman–Crippen MR) is 87.0 cm³/mol. The van der Waals surface area contributed by atoms with E-state index in [2.05, 4.69) is 9.97 Å². The zero-order chi connectivity index (χ0) is 19.4. The number of nitrogens with zero attached hydrogens (tertiary/aromatic N) is 1. The Bertz CT molecular complexity index is 1060. The fourth-order valence-corrected chi connectivity index (χ4v) is 3.18. The third-order valence-corrected chi connectivity index (χ3v) is 4.43. The minimum Gasteiger partial charge on any atom is -0.376 e.